The summed E-state index contributed by atoms with van der Waals surface area (Å²) in [4.78, 5) is 42.5. The van der Waals surface area contributed by atoms with Crippen molar-refractivity contribution in [2.24, 2.45) is 5.73 Å². The van der Waals surface area contributed by atoms with Crippen LogP contribution < -0.4 is 11.1 Å². The number of nitrogens with one attached hydrogen (secondary N) is 1. The Balaban J connectivity index is 0.000000497. The third-order valence-electron chi connectivity index (χ3n) is 4.27. The predicted molar refractivity (Wildman–Crippen MR) is 129 cm³/mol. The van der Waals surface area contributed by atoms with Crippen molar-refractivity contribution in [3.63, 3.8) is 0 Å². The van der Waals surface area contributed by atoms with Gasteiger partial charge in [0.05, 0.1) is 30.0 Å². The van der Waals surface area contributed by atoms with Crippen LogP contribution >= 0.6 is 0 Å². The molecule has 0 saturated heterocycles. The first-order valence-corrected chi connectivity index (χ1v) is 10.9. The summed E-state index contributed by atoms with van der Waals surface area (Å²) >= 11 is 0. The molecule has 1 aromatic carbocycles. The first-order chi connectivity index (χ1) is 18.7. The number of carboxylic acid groups (broad SMARTS) is 2. The lowest BCUT2D eigenvalue weighted by Crippen LogP contribution is -2.45. The van der Waals surface area contributed by atoms with Gasteiger partial charge in [0.1, 0.15) is 5.82 Å². The molecule has 41 heavy (non-hydrogen) atoms. The molecule has 3 rings (SSSR count). The van der Waals surface area contributed by atoms with Gasteiger partial charge in [-0.05, 0) is 32.0 Å². The highest BCUT2D eigenvalue weighted by Crippen LogP contribution is 2.22. The zero-order chi connectivity index (χ0) is 31.6. The lowest BCUT2D eigenvalue weighted by atomic mass is 10.1. The van der Waals surface area contributed by atoms with Gasteiger partial charge in [0.15, 0.2) is 0 Å². The third kappa shape index (κ3) is 12.8. The molecule has 0 bridgehead atoms. The fourth-order valence-electron chi connectivity index (χ4n) is 2.40. The van der Waals surface area contributed by atoms with E-state index in [0.717, 1.165) is 11.8 Å². The number of rotatable bonds is 5. The maximum Gasteiger partial charge on any atom is 0.490 e. The second-order valence-electron chi connectivity index (χ2n) is 8.54. The van der Waals surface area contributed by atoms with Gasteiger partial charge in [-0.1, -0.05) is 12.1 Å². The summed E-state index contributed by atoms with van der Waals surface area (Å²) in [7, 11) is 0. The Morgan fingerprint density at radius 2 is 1.24 bits per heavy atom. The van der Waals surface area contributed by atoms with Crippen molar-refractivity contribution in [2.45, 2.75) is 31.7 Å². The number of carbonyl (C=O) groups excluding carboxylic acids is 1. The fraction of sp³-hybridized carbons (Fsp3) is 0.250. The van der Waals surface area contributed by atoms with Gasteiger partial charge in [-0.15, -0.1) is 0 Å². The van der Waals surface area contributed by atoms with E-state index < -0.39 is 35.6 Å². The van der Waals surface area contributed by atoms with Crippen LogP contribution in [0.1, 0.15) is 24.2 Å². The highest BCUT2D eigenvalue weighted by molar-refractivity contribution is 5.94. The van der Waals surface area contributed by atoms with E-state index in [1.807, 2.05) is 13.8 Å². The van der Waals surface area contributed by atoms with Crippen molar-refractivity contribution in [1.82, 2.24) is 20.3 Å². The van der Waals surface area contributed by atoms with E-state index in [2.05, 4.69) is 20.3 Å². The van der Waals surface area contributed by atoms with Crippen molar-refractivity contribution < 1.29 is 55.3 Å². The minimum atomic E-state index is -5.08. The van der Waals surface area contributed by atoms with Gasteiger partial charge >= 0.3 is 24.3 Å². The van der Waals surface area contributed by atoms with Gasteiger partial charge in [0.2, 0.25) is 0 Å². The monoisotopic (exact) mass is 593 g/mol. The van der Waals surface area contributed by atoms with Gasteiger partial charge in [-0.2, -0.15) is 26.3 Å². The number of carbonyl (C=O) groups is 3. The molecule has 222 valence electrons. The summed E-state index contributed by atoms with van der Waals surface area (Å²) in [6, 6.07) is 8.37. The van der Waals surface area contributed by atoms with Crippen molar-refractivity contribution in [3.8, 4) is 22.5 Å². The highest BCUT2D eigenvalue weighted by atomic mass is 19.4. The maximum absolute atomic E-state index is 13.4. The third-order valence-corrected chi connectivity index (χ3v) is 4.27. The van der Waals surface area contributed by atoms with E-state index in [4.69, 9.17) is 25.5 Å². The Hall–Kier alpha value is -4.67. The van der Waals surface area contributed by atoms with Crippen molar-refractivity contribution in [2.75, 3.05) is 6.54 Å². The SMILES string of the molecule is CC(C)(N)CNC(=O)c1ccc(-c2cncc(-c3cncc(F)c3)n2)cc1.O=C(O)C(F)(F)F.O=C(O)C(F)(F)F. The molecule has 0 atom stereocenters. The Labute approximate surface area is 227 Å². The van der Waals surface area contributed by atoms with Crippen LogP contribution in [0.15, 0.2) is 55.1 Å². The van der Waals surface area contributed by atoms with Crippen molar-refractivity contribution in [1.29, 1.82) is 0 Å². The van der Waals surface area contributed by atoms with Crippen LogP contribution in [-0.4, -0.2) is 67.4 Å². The number of carboxylic acids is 2. The lowest BCUT2D eigenvalue weighted by molar-refractivity contribution is -0.193. The van der Waals surface area contributed by atoms with E-state index in [0.29, 0.717) is 29.1 Å². The minimum absolute atomic E-state index is 0.189. The molecular formula is C24H22F7N5O5. The topological polar surface area (TPSA) is 168 Å². The quantitative estimate of drug-likeness (QED) is 0.319. The summed E-state index contributed by atoms with van der Waals surface area (Å²) in [5.41, 5.74) is 8.41. The number of hydrogen-bond donors (Lipinski definition) is 4. The van der Waals surface area contributed by atoms with Crippen LogP contribution in [0.2, 0.25) is 0 Å². The molecule has 17 heteroatoms. The lowest BCUT2D eigenvalue weighted by Gasteiger charge is -2.18. The summed E-state index contributed by atoms with van der Waals surface area (Å²) in [5, 5.41) is 17.0. The Morgan fingerprint density at radius 3 is 1.66 bits per heavy atom. The molecule has 1 amide bonds. The summed E-state index contributed by atoms with van der Waals surface area (Å²) < 4.78 is 76.8. The molecule has 0 fully saturated rings. The molecule has 0 aliphatic rings. The van der Waals surface area contributed by atoms with E-state index in [1.165, 1.54) is 12.3 Å². The number of benzene rings is 1. The van der Waals surface area contributed by atoms with E-state index in [9.17, 15) is 35.5 Å². The zero-order valence-corrected chi connectivity index (χ0v) is 21.1. The van der Waals surface area contributed by atoms with Gasteiger partial charge in [-0.3, -0.25) is 14.8 Å². The second kappa shape index (κ2) is 14.1. The zero-order valence-electron chi connectivity index (χ0n) is 21.1. The maximum atomic E-state index is 13.4. The number of halogens is 7. The molecule has 2 aromatic heterocycles. The standard InChI is InChI=1S/C20H20FN5O.2C2HF3O2/c1-20(2,22)12-25-19(27)14-5-3-13(4-6-14)17-10-24-11-18(26-17)15-7-16(21)9-23-8-15;2*3-2(4,5)1(6)7/h3-11H,12,22H2,1-2H3,(H,25,27);2*(H,6,7). The average Bonchev–Trinajstić information content (AvgIpc) is 2.86. The number of nitrogens with two attached hydrogens (primary N) is 1. The predicted octanol–water partition coefficient (Wildman–Crippen LogP) is 4.08. The van der Waals surface area contributed by atoms with Crippen LogP contribution in [-0.2, 0) is 9.59 Å². The van der Waals surface area contributed by atoms with Crippen LogP contribution in [0.5, 0.6) is 0 Å². The Bertz CT molecular complexity index is 1320. The number of pyridine rings is 1. The number of aromatic nitrogens is 3. The Morgan fingerprint density at radius 1 is 0.805 bits per heavy atom. The number of nitrogens with zero attached hydrogens (tertiary/aromatic N) is 3. The van der Waals surface area contributed by atoms with Gasteiger partial charge in [-0.25, -0.2) is 19.0 Å². The molecule has 0 spiro atoms. The summed E-state index contributed by atoms with van der Waals surface area (Å²) in [6.07, 6.45) is -4.34. The van der Waals surface area contributed by atoms with Crippen LogP contribution in [0.4, 0.5) is 30.7 Å². The normalized spacial score (nSPS) is 11.3. The summed E-state index contributed by atoms with van der Waals surface area (Å²) in [5.74, 6) is -6.14. The second-order valence-corrected chi connectivity index (χ2v) is 8.54. The smallest absolute Gasteiger partial charge is 0.475 e. The molecule has 3 aromatic rings. The average molecular weight is 593 g/mol. The van der Waals surface area contributed by atoms with Gasteiger partial charge in [0, 0.05) is 35.0 Å². The first-order valence-electron chi connectivity index (χ1n) is 10.9. The first kappa shape index (κ1) is 34.4. The van der Waals surface area contributed by atoms with Crippen LogP contribution in [0, 0.1) is 5.82 Å². The molecular weight excluding hydrogens is 571 g/mol. The van der Waals surface area contributed by atoms with E-state index in [-0.39, 0.29) is 5.91 Å². The number of aliphatic carboxylic acids is 2. The van der Waals surface area contributed by atoms with Crippen molar-refractivity contribution in [3.05, 3.63) is 66.5 Å². The largest absolute Gasteiger partial charge is 0.490 e. The molecule has 5 N–H and O–H groups in total. The highest BCUT2D eigenvalue weighted by Gasteiger charge is 2.38. The minimum Gasteiger partial charge on any atom is -0.475 e. The fourth-order valence-corrected chi connectivity index (χ4v) is 2.40. The number of hydrogen-bond acceptors (Lipinski definition) is 7. The van der Waals surface area contributed by atoms with Crippen LogP contribution in [0.3, 0.4) is 0 Å². The molecule has 0 saturated carbocycles. The van der Waals surface area contributed by atoms with Gasteiger partial charge in [0.25, 0.3) is 5.91 Å². The van der Waals surface area contributed by atoms with Crippen LogP contribution in [0.25, 0.3) is 22.5 Å². The number of amides is 1. The number of alkyl halides is 6. The van der Waals surface area contributed by atoms with E-state index in [1.54, 1.807) is 36.7 Å². The van der Waals surface area contributed by atoms with E-state index >= 15 is 0 Å². The summed E-state index contributed by atoms with van der Waals surface area (Å²) in [6.45, 7) is 4.06. The molecule has 0 aliphatic heterocycles. The van der Waals surface area contributed by atoms with Gasteiger partial charge < -0.3 is 21.3 Å². The molecule has 10 nitrogen and oxygen atoms in total. The molecule has 2 heterocycles. The molecule has 0 unspecified atom stereocenters. The molecule has 0 aliphatic carbocycles. The van der Waals surface area contributed by atoms with Crippen molar-refractivity contribution >= 4 is 17.8 Å². The molecule has 0 radical (unpaired) electrons. The Kier molecular flexibility index (Phi) is 11.8.